The molecule has 1 amide bonds. The molecule has 0 atom stereocenters. The Hall–Kier alpha value is -2.79. The molecular formula is C17H22N4O. The maximum atomic E-state index is 10.8. The van der Waals surface area contributed by atoms with Gasteiger partial charge in [0.05, 0.1) is 11.4 Å². The molecule has 22 heavy (non-hydrogen) atoms. The van der Waals surface area contributed by atoms with E-state index in [0.29, 0.717) is 29.1 Å². The van der Waals surface area contributed by atoms with Gasteiger partial charge in [-0.1, -0.05) is 43.5 Å². The van der Waals surface area contributed by atoms with Gasteiger partial charge < -0.3 is 16.1 Å². The molecule has 0 aliphatic heterocycles. The van der Waals surface area contributed by atoms with Gasteiger partial charge in [-0.05, 0) is 18.6 Å². The van der Waals surface area contributed by atoms with E-state index in [1.807, 2.05) is 31.2 Å². The second-order valence-electron chi connectivity index (χ2n) is 4.46. The van der Waals surface area contributed by atoms with Crippen LogP contribution in [0, 0.1) is 6.92 Å². The fourth-order valence-electron chi connectivity index (χ4n) is 2.19. The van der Waals surface area contributed by atoms with E-state index in [-0.39, 0.29) is 0 Å². The molecular weight excluding hydrogens is 276 g/mol. The number of hydrogen-bond acceptors (Lipinski definition) is 4. The van der Waals surface area contributed by atoms with Crippen LogP contribution in [0.15, 0.2) is 66.5 Å². The minimum absolute atomic E-state index is 0.538. The van der Waals surface area contributed by atoms with E-state index in [9.17, 15) is 4.79 Å². The first-order valence-corrected chi connectivity index (χ1v) is 6.78. The Morgan fingerprint density at radius 2 is 1.91 bits per heavy atom. The van der Waals surface area contributed by atoms with Crippen molar-refractivity contribution in [2.75, 3.05) is 7.05 Å². The molecule has 0 aromatic heterocycles. The molecule has 5 nitrogen and oxygen atoms in total. The van der Waals surface area contributed by atoms with Crippen LogP contribution in [0.2, 0.25) is 0 Å². The molecule has 0 aliphatic rings. The number of allylic oxidation sites excluding steroid dienone is 2. The number of amides is 1. The summed E-state index contributed by atoms with van der Waals surface area (Å²) >= 11 is 0. The molecule has 0 saturated heterocycles. The number of hydrogen-bond donors (Lipinski definition) is 4. The molecule has 0 fully saturated rings. The lowest BCUT2D eigenvalue weighted by molar-refractivity contribution is -0.108. The highest BCUT2D eigenvalue weighted by molar-refractivity contribution is 5.74. The number of likely N-dealkylation sites (N-methyl/N-ethyl adjacent to an activating group) is 1. The molecule has 5 heteroatoms. The van der Waals surface area contributed by atoms with Crippen molar-refractivity contribution >= 4 is 12.1 Å². The lowest BCUT2D eigenvalue weighted by Gasteiger charge is -2.19. The van der Waals surface area contributed by atoms with Crippen molar-refractivity contribution in [3.05, 3.63) is 77.7 Å². The number of nitrogens with two attached hydrogens (primary N) is 1. The molecule has 1 rings (SSSR count). The fourth-order valence-corrected chi connectivity index (χ4v) is 2.19. The summed E-state index contributed by atoms with van der Waals surface area (Å²) in [6.45, 7) is 9.52. The molecule has 0 bridgehead atoms. The summed E-state index contributed by atoms with van der Waals surface area (Å²) < 4.78 is 0. The molecule has 0 saturated carbocycles. The monoisotopic (exact) mass is 298 g/mol. The van der Waals surface area contributed by atoms with Crippen molar-refractivity contribution in [1.82, 2.24) is 16.1 Å². The first-order chi connectivity index (χ1) is 10.6. The number of carbonyl (C=O) groups is 1. The zero-order valence-corrected chi connectivity index (χ0v) is 12.9. The number of carbonyl (C=O) groups excluding carboxylic acids is 1. The lowest BCUT2D eigenvalue weighted by atomic mass is 10.00. The summed E-state index contributed by atoms with van der Waals surface area (Å²) in [4.78, 5) is 10.8. The molecule has 1 aromatic carbocycles. The third-order valence-electron chi connectivity index (χ3n) is 3.24. The Bertz CT molecular complexity index is 629. The topological polar surface area (TPSA) is 79.2 Å². The van der Waals surface area contributed by atoms with Gasteiger partial charge in [-0.15, -0.1) is 0 Å². The van der Waals surface area contributed by atoms with Gasteiger partial charge in [0.1, 0.15) is 0 Å². The second-order valence-corrected chi connectivity index (χ2v) is 4.46. The Labute approximate surface area is 131 Å². The van der Waals surface area contributed by atoms with Crippen molar-refractivity contribution in [3.8, 4) is 0 Å². The average Bonchev–Trinajstić information content (AvgIpc) is 2.54. The summed E-state index contributed by atoms with van der Waals surface area (Å²) in [5.74, 6) is 5.74. The van der Waals surface area contributed by atoms with Gasteiger partial charge in [0.2, 0.25) is 6.41 Å². The zero-order chi connectivity index (χ0) is 16.5. The smallest absolute Gasteiger partial charge is 0.211 e. The van der Waals surface area contributed by atoms with E-state index in [0.717, 1.165) is 11.1 Å². The normalized spacial score (nSPS) is 12.5. The molecule has 5 N–H and O–H groups in total. The first-order valence-electron chi connectivity index (χ1n) is 6.78. The molecule has 1 aromatic rings. The van der Waals surface area contributed by atoms with Crippen molar-refractivity contribution in [1.29, 1.82) is 0 Å². The molecule has 0 heterocycles. The minimum atomic E-state index is 0.538. The lowest BCUT2D eigenvalue weighted by Crippen LogP contribution is -2.27. The fraction of sp³-hybridized carbons (Fsp3) is 0.118. The van der Waals surface area contributed by atoms with Crippen LogP contribution < -0.4 is 21.9 Å². The van der Waals surface area contributed by atoms with Gasteiger partial charge in [0, 0.05) is 23.9 Å². The Balaban J connectivity index is 3.65. The van der Waals surface area contributed by atoms with Crippen molar-refractivity contribution in [2.45, 2.75) is 6.92 Å². The predicted octanol–water partition coefficient (Wildman–Crippen LogP) is 1.72. The first kappa shape index (κ1) is 17.3. The third kappa shape index (κ3) is 3.65. The van der Waals surface area contributed by atoms with Crippen LogP contribution in [-0.4, -0.2) is 13.5 Å². The van der Waals surface area contributed by atoms with Crippen LogP contribution >= 0.6 is 0 Å². The predicted molar refractivity (Wildman–Crippen MR) is 91.1 cm³/mol. The summed E-state index contributed by atoms with van der Waals surface area (Å²) in [7, 11) is 1.77. The quantitative estimate of drug-likeness (QED) is 0.255. The molecule has 0 unspecified atom stereocenters. The highest BCUT2D eigenvalue weighted by atomic mass is 16.1. The van der Waals surface area contributed by atoms with E-state index in [2.05, 4.69) is 29.2 Å². The van der Waals surface area contributed by atoms with Gasteiger partial charge in [0.15, 0.2) is 0 Å². The summed E-state index contributed by atoms with van der Waals surface area (Å²) in [5, 5.41) is 5.72. The molecule has 0 spiro atoms. The number of benzene rings is 1. The highest BCUT2D eigenvalue weighted by Crippen LogP contribution is 2.24. The van der Waals surface area contributed by atoms with Gasteiger partial charge in [-0.2, -0.15) is 0 Å². The van der Waals surface area contributed by atoms with Crippen LogP contribution in [0.5, 0.6) is 0 Å². The maximum absolute atomic E-state index is 10.8. The van der Waals surface area contributed by atoms with Gasteiger partial charge in [0.25, 0.3) is 0 Å². The van der Waals surface area contributed by atoms with E-state index >= 15 is 0 Å². The van der Waals surface area contributed by atoms with Crippen LogP contribution in [0.4, 0.5) is 0 Å². The third-order valence-corrected chi connectivity index (χ3v) is 3.24. The number of nitrogens with one attached hydrogen (secondary N) is 3. The van der Waals surface area contributed by atoms with Crippen molar-refractivity contribution in [2.24, 2.45) is 5.84 Å². The minimum Gasteiger partial charge on any atom is -0.386 e. The number of rotatable bonds is 8. The number of hydrazine groups is 1. The largest absolute Gasteiger partial charge is 0.386 e. The Morgan fingerprint density at radius 3 is 2.36 bits per heavy atom. The standard InChI is InChI=1S/C17H22N4O/c1-5-13(15(6-2)20-11-22)16(19-4)17(21-18)14-10-8-7-9-12(14)3/h5-11,19,21H,1-2,18H2,3-4H3,(H,20,22)/b15-13-,17-16-. The highest BCUT2D eigenvalue weighted by Gasteiger charge is 2.14. The molecule has 0 radical (unpaired) electrons. The summed E-state index contributed by atoms with van der Waals surface area (Å²) in [6.07, 6.45) is 3.78. The van der Waals surface area contributed by atoms with E-state index in [1.54, 1.807) is 19.2 Å². The van der Waals surface area contributed by atoms with E-state index in [4.69, 9.17) is 5.84 Å². The van der Waals surface area contributed by atoms with Crippen LogP contribution in [0.3, 0.4) is 0 Å². The molecule has 116 valence electrons. The zero-order valence-electron chi connectivity index (χ0n) is 12.9. The van der Waals surface area contributed by atoms with Crippen LogP contribution in [0.1, 0.15) is 11.1 Å². The molecule has 0 aliphatic carbocycles. The summed E-state index contributed by atoms with van der Waals surface area (Å²) in [6, 6.07) is 7.85. The van der Waals surface area contributed by atoms with Gasteiger partial charge in [-0.25, -0.2) is 0 Å². The van der Waals surface area contributed by atoms with Gasteiger partial charge in [-0.3, -0.25) is 10.6 Å². The van der Waals surface area contributed by atoms with E-state index < -0.39 is 0 Å². The average molecular weight is 298 g/mol. The summed E-state index contributed by atoms with van der Waals surface area (Å²) in [5.41, 5.74) is 7.36. The van der Waals surface area contributed by atoms with Crippen LogP contribution in [-0.2, 0) is 4.79 Å². The Morgan fingerprint density at radius 1 is 1.23 bits per heavy atom. The van der Waals surface area contributed by atoms with Crippen LogP contribution in [0.25, 0.3) is 5.70 Å². The Kier molecular flexibility index (Phi) is 6.66. The van der Waals surface area contributed by atoms with Crippen molar-refractivity contribution < 1.29 is 4.79 Å². The second kappa shape index (κ2) is 8.49. The van der Waals surface area contributed by atoms with Crippen molar-refractivity contribution in [3.63, 3.8) is 0 Å². The van der Waals surface area contributed by atoms with E-state index in [1.165, 1.54) is 0 Å². The maximum Gasteiger partial charge on any atom is 0.211 e. The SMILES string of the molecule is C=C/C(NC=O)=C(C=C)/C(NC)=C(/NN)c1ccccc1C. The number of aryl methyl sites for hydroxylation is 1. The van der Waals surface area contributed by atoms with Gasteiger partial charge >= 0.3 is 0 Å².